The molecule has 0 bridgehead atoms. The third kappa shape index (κ3) is 3.83. The Balaban J connectivity index is 1.50. The predicted molar refractivity (Wildman–Crippen MR) is 107 cm³/mol. The van der Waals surface area contributed by atoms with Gasteiger partial charge < -0.3 is 4.90 Å². The van der Waals surface area contributed by atoms with E-state index in [0.29, 0.717) is 29.6 Å². The van der Waals surface area contributed by atoms with E-state index in [0.717, 1.165) is 24.6 Å². The monoisotopic (exact) mass is 376 g/mol. The van der Waals surface area contributed by atoms with E-state index in [-0.39, 0.29) is 11.5 Å². The molecule has 0 N–H and O–H groups in total. The SMILES string of the molecule is O=C1C(=Cc2cnc(N3CCCC3)nc2)CCC1=Cc1cccc([N+](=O)[O-])c1. The number of nitro benzene ring substituents is 1. The van der Waals surface area contributed by atoms with E-state index in [4.69, 9.17) is 0 Å². The number of non-ortho nitro benzene ring substituents is 1. The number of hydrogen-bond acceptors (Lipinski definition) is 6. The van der Waals surface area contributed by atoms with E-state index >= 15 is 0 Å². The molecule has 7 heteroatoms. The summed E-state index contributed by atoms with van der Waals surface area (Å²) in [5.41, 5.74) is 2.88. The third-order valence-corrected chi connectivity index (χ3v) is 5.06. The fourth-order valence-corrected chi connectivity index (χ4v) is 3.59. The van der Waals surface area contributed by atoms with Crippen molar-refractivity contribution >= 4 is 29.6 Å². The second kappa shape index (κ2) is 7.72. The Kier molecular flexibility index (Phi) is 4.97. The lowest BCUT2D eigenvalue weighted by Gasteiger charge is -2.14. The highest BCUT2D eigenvalue weighted by Gasteiger charge is 2.23. The first-order valence-electron chi connectivity index (χ1n) is 9.37. The Hall–Kier alpha value is -3.35. The molecule has 0 amide bonds. The van der Waals surface area contributed by atoms with Gasteiger partial charge in [-0.1, -0.05) is 12.1 Å². The molecule has 2 heterocycles. The maximum atomic E-state index is 12.7. The van der Waals surface area contributed by atoms with Gasteiger partial charge >= 0.3 is 0 Å². The van der Waals surface area contributed by atoms with Gasteiger partial charge in [-0.05, 0) is 43.4 Å². The average Bonchev–Trinajstić information content (AvgIpc) is 3.35. The molecule has 28 heavy (non-hydrogen) atoms. The van der Waals surface area contributed by atoms with E-state index in [9.17, 15) is 14.9 Å². The van der Waals surface area contributed by atoms with E-state index in [2.05, 4.69) is 14.9 Å². The second-order valence-corrected chi connectivity index (χ2v) is 7.03. The van der Waals surface area contributed by atoms with Gasteiger partial charge in [0.2, 0.25) is 5.95 Å². The molecule has 2 aromatic rings. The fourth-order valence-electron chi connectivity index (χ4n) is 3.59. The quantitative estimate of drug-likeness (QED) is 0.458. The number of hydrogen-bond donors (Lipinski definition) is 0. The second-order valence-electron chi connectivity index (χ2n) is 7.03. The van der Waals surface area contributed by atoms with Gasteiger partial charge in [0.25, 0.3) is 5.69 Å². The minimum atomic E-state index is -0.435. The lowest BCUT2D eigenvalue weighted by atomic mass is 10.1. The molecule has 1 aliphatic carbocycles. The summed E-state index contributed by atoms with van der Waals surface area (Å²) in [5, 5.41) is 10.9. The Morgan fingerprint density at radius 3 is 2.29 bits per heavy atom. The molecule has 1 saturated heterocycles. The van der Waals surface area contributed by atoms with Crippen molar-refractivity contribution in [2.75, 3.05) is 18.0 Å². The molecule has 0 radical (unpaired) electrons. The van der Waals surface area contributed by atoms with Crippen LogP contribution in [-0.2, 0) is 4.79 Å². The molecule has 2 aliphatic rings. The topological polar surface area (TPSA) is 89.2 Å². The Labute approximate surface area is 162 Å². The highest BCUT2D eigenvalue weighted by Crippen LogP contribution is 2.30. The van der Waals surface area contributed by atoms with Crippen molar-refractivity contribution in [2.45, 2.75) is 25.7 Å². The summed E-state index contributed by atoms with van der Waals surface area (Å²) in [5.74, 6) is 0.721. The summed E-state index contributed by atoms with van der Waals surface area (Å²) in [7, 11) is 0. The molecule has 142 valence electrons. The minimum Gasteiger partial charge on any atom is -0.341 e. The number of rotatable bonds is 4. The van der Waals surface area contributed by atoms with Crippen LogP contribution < -0.4 is 4.90 Å². The van der Waals surface area contributed by atoms with Gasteiger partial charge in [-0.25, -0.2) is 9.97 Å². The van der Waals surface area contributed by atoms with Crippen LogP contribution in [0.2, 0.25) is 0 Å². The van der Waals surface area contributed by atoms with Crippen molar-refractivity contribution in [1.29, 1.82) is 0 Å². The standard InChI is InChI=1S/C21H20N4O3/c26-20-17(10-15-4-3-5-19(12-15)25(27)28)6-7-18(20)11-16-13-22-21(23-14-16)24-8-1-2-9-24/h3-5,10-14H,1-2,6-9H2. The molecule has 0 atom stereocenters. The fraction of sp³-hybridized carbons (Fsp3) is 0.286. The Bertz CT molecular complexity index is 973. The van der Waals surface area contributed by atoms with Gasteiger partial charge in [0.05, 0.1) is 4.92 Å². The number of ketones is 1. The van der Waals surface area contributed by atoms with Gasteiger partial charge in [0, 0.05) is 54.3 Å². The minimum absolute atomic E-state index is 0.0184. The number of nitro groups is 1. The summed E-state index contributed by atoms with van der Waals surface area (Å²) < 4.78 is 0. The van der Waals surface area contributed by atoms with Crippen molar-refractivity contribution < 1.29 is 9.72 Å². The predicted octanol–water partition coefficient (Wildman–Crippen LogP) is 3.81. The Morgan fingerprint density at radius 2 is 1.64 bits per heavy atom. The highest BCUT2D eigenvalue weighted by molar-refractivity contribution is 6.15. The first-order valence-corrected chi connectivity index (χ1v) is 9.37. The van der Waals surface area contributed by atoms with Gasteiger partial charge in [-0.3, -0.25) is 14.9 Å². The number of nitrogens with zero attached hydrogens (tertiary/aromatic N) is 4. The Morgan fingerprint density at radius 1 is 1.00 bits per heavy atom. The summed E-state index contributed by atoms with van der Waals surface area (Å²) >= 11 is 0. The first kappa shape index (κ1) is 18.0. The lowest BCUT2D eigenvalue weighted by molar-refractivity contribution is -0.384. The average molecular weight is 376 g/mol. The van der Waals surface area contributed by atoms with Crippen molar-refractivity contribution in [2.24, 2.45) is 0 Å². The highest BCUT2D eigenvalue weighted by atomic mass is 16.6. The zero-order valence-corrected chi connectivity index (χ0v) is 15.4. The summed E-state index contributed by atoms with van der Waals surface area (Å²) in [6.07, 6.45) is 10.7. The number of carbonyl (C=O) groups is 1. The summed E-state index contributed by atoms with van der Waals surface area (Å²) in [4.78, 5) is 34.2. The van der Waals surface area contributed by atoms with Crippen molar-refractivity contribution in [3.05, 3.63) is 69.0 Å². The third-order valence-electron chi connectivity index (χ3n) is 5.06. The van der Waals surface area contributed by atoms with Crippen LogP contribution in [0.4, 0.5) is 11.6 Å². The van der Waals surface area contributed by atoms with Crippen LogP contribution in [0.5, 0.6) is 0 Å². The van der Waals surface area contributed by atoms with Gasteiger partial charge in [0.1, 0.15) is 0 Å². The van der Waals surface area contributed by atoms with Crippen LogP contribution in [-0.4, -0.2) is 33.8 Å². The van der Waals surface area contributed by atoms with Crippen LogP contribution in [0.1, 0.15) is 36.8 Å². The zero-order valence-electron chi connectivity index (χ0n) is 15.4. The summed E-state index contributed by atoms with van der Waals surface area (Å²) in [6.45, 7) is 1.98. The largest absolute Gasteiger partial charge is 0.341 e. The molecule has 1 aromatic heterocycles. The van der Waals surface area contributed by atoms with Gasteiger partial charge in [-0.15, -0.1) is 0 Å². The van der Waals surface area contributed by atoms with E-state index < -0.39 is 4.92 Å². The number of allylic oxidation sites excluding steroid dienone is 2. The zero-order chi connectivity index (χ0) is 19.5. The smallest absolute Gasteiger partial charge is 0.270 e. The molecular weight excluding hydrogens is 356 g/mol. The number of benzene rings is 1. The van der Waals surface area contributed by atoms with E-state index in [1.54, 1.807) is 30.6 Å². The van der Waals surface area contributed by atoms with Crippen LogP contribution in [0, 0.1) is 10.1 Å². The lowest BCUT2D eigenvalue weighted by Crippen LogP contribution is -2.20. The van der Waals surface area contributed by atoms with Crippen LogP contribution in [0.25, 0.3) is 12.2 Å². The van der Waals surface area contributed by atoms with Crippen LogP contribution in [0.3, 0.4) is 0 Å². The van der Waals surface area contributed by atoms with E-state index in [1.165, 1.54) is 25.0 Å². The maximum Gasteiger partial charge on any atom is 0.270 e. The number of carbonyl (C=O) groups excluding carboxylic acids is 1. The van der Waals surface area contributed by atoms with Crippen molar-refractivity contribution in [1.82, 2.24) is 9.97 Å². The molecule has 2 fully saturated rings. The first-order chi connectivity index (χ1) is 13.6. The van der Waals surface area contributed by atoms with Crippen LogP contribution in [0.15, 0.2) is 47.8 Å². The van der Waals surface area contributed by atoms with E-state index in [1.807, 2.05) is 6.08 Å². The molecule has 1 aromatic carbocycles. The number of anilines is 1. The van der Waals surface area contributed by atoms with Gasteiger partial charge in [0.15, 0.2) is 5.78 Å². The molecular formula is C21H20N4O3. The van der Waals surface area contributed by atoms with Crippen LogP contribution >= 0.6 is 0 Å². The maximum absolute atomic E-state index is 12.7. The number of aromatic nitrogens is 2. The van der Waals surface area contributed by atoms with Crippen molar-refractivity contribution in [3.63, 3.8) is 0 Å². The molecule has 4 rings (SSSR count). The number of Topliss-reactive ketones (excluding diaryl/α,β-unsaturated/α-hetero) is 1. The molecule has 1 saturated carbocycles. The molecule has 7 nitrogen and oxygen atoms in total. The summed E-state index contributed by atoms with van der Waals surface area (Å²) in [6, 6.07) is 6.31. The molecule has 0 unspecified atom stereocenters. The molecule has 0 spiro atoms. The molecule has 1 aliphatic heterocycles. The normalized spacial score (nSPS) is 19.7. The van der Waals surface area contributed by atoms with Crippen molar-refractivity contribution in [3.8, 4) is 0 Å². The van der Waals surface area contributed by atoms with Gasteiger partial charge in [-0.2, -0.15) is 0 Å².